The minimum absolute atomic E-state index is 0.0519. The molecule has 0 aliphatic heterocycles. The van der Waals surface area contributed by atoms with E-state index < -0.39 is 18.0 Å². The minimum Gasteiger partial charge on any atom is -0.466 e. The summed E-state index contributed by atoms with van der Waals surface area (Å²) in [5.74, 6) is -0.630. The van der Waals surface area contributed by atoms with Crippen molar-refractivity contribution in [2.45, 2.75) is 45.1 Å². The van der Waals surface area contributed by atoms with Gasteiger partial charge in [0, 0.05) is 36.8 Å². The van der Waals surface area contributed by atoms with Crippen molar-refractivity contribution < 1.29 is 23.9 Å². The lowest BCUT2D eigenvalue weighted by molar-refractivity contribution is -0.155. The van der Waals surface area contributed by atoms with Crippen LogP contribution in [0.3, 0.4) is 0 Å². The summed E-state index contributed by atoms with van der Waals surface area (Å²) >= 11 is 0. The van der Waals surface area contributed by atoms with Gasteiger partial charge in [-0.1, -0.05) is 6.07 Å². The van der Waals surface area contributed by atoms with Crippen molar-refractivity contribution >= 4 is 17.8 Å². The molecule has 0 unspecified atom stereocenters. The van der Waals surface area contributed by atoms with Crippen molar-refractivity contribution in [3.05, 3.63) is 30.1 Å². The van der Waals surface area contributed by atoms with Crippen LogP contribution >= 0.6 is 0 Å². The molecule has 1 aromatic rings. The Morgan fingerprint density at radius 1 is 1.32 bits per heavy atom. The van der Waals surface area contributed by atoms with E-state index in [0.29, 0.717) is 18.5 Å². The van der Waals surface area contributed by atoms with E-state index in [-0.39, 0.29) is 31.3 Å². The van der Waals surface area contributed by atoms with E-state index in [1.807, 2.05) is 0 Å². The molecule has 1 saturated carbocycles. The average Bonchev–Trinajstić information content (AvgIpc) is 3.44. The van der Waals surface area contributed by atoms with Gasteiger partial charge < -0.3 is 14.8 Å². The first-order chi connectivity index (χ1) is 12.1. The molecule has 1 amide bonds. The molecule has 0 bridgehead atoms. The van der Waals surface area contributed by atoms with Gasteiger partial charge in [0.25, 0.3) is 0 Å². The molecule has 7 heteroatoms. The minimum atomic E-state index is -0.721. The molecule has 1 atom stereocenters. The number of carbonyl (C=O) groups excluding carboxylic acids is 3. The number of hydrogen-bond donors (Lipinski definition) is 1. The third-order valence-electron chi connectivity index (χ3n) is 3.79. The highest BCUT2D eigenvalue weighted by atomic mass is 16.6. The fraction of sp³-hybridized carbons (Fsp3) is 0.556. The van der Waals surface area contributed by atoms with E-state index in [1.54, 1.807) is 31.5 Å². The Morgan fingerprint density at radius 3 is 2.76 bits per heavy atom. The zero-order chi connectivity index (χ0) is 18.1. The van der Waals surface area contributed by atoms with Crippen molar-refractivity contribution in [1.29, 1.82) is 0 Å². The van der Waals surface area contributed by atoms with Gasteiger partial charge in [0.05, 0.1) is 13.0 Å². The highest BCUT2D eigenvalue weighted by Crippen LogP contribution is 2.28. The molecule has 0 saturated heterocycles. The molecule has 1 aliphatic rings. The summed E-state index contributed by atoms with van der Waals surface area (Å²) in [7, 11) is 0. The quantitative estimate of drug-likeness (QED) is 0.513. The van der Waals surface area contributed by atoms with E-state index >= 15 is 0 Å². The lowest BCUT2D eigenvalue weighted by Crippen LogP contribution is -2.26. The Bertz CT molecular complexity index is 586. The predicted octanol–water partition coefficient (Wildman–Crippen LogP) is 1.93. The number of nitrogens with one attached hydrogen (secondary N) is 1. The van der Waals surface area contributed by atoms with Crippen molar-refractivity contribution in [2.24, 2.45) is 5.92 Å². The number of pyridine rings is 1. The second-order valence-corrected chi connectivity index (χ2v) is 5.94. The van der Waals surface area contributed by atoms with Gasteiger partial charge in [-0.15, -0.1) is 0 Å². The molecule has 0 aromatic carbocycles. The summed E-state index contributed by atoms with van der Waals surface area (Å²) in [6.07, 6.45) is 4.97. The lowest BCUT2D eigenvalue weighted by atomic mass is 10.1. The van der Waals surface area contributed by atoms with Crippen LogP contribution in [0.5, 0.6) is 0 Å². The van der Waals surface area contributed by atoms with Crippen LogP contribution in [0.25, 0.3) is 0 Å². The highest BCUT2D eigenvalue weighted by Gasteiger charge is 2.29. The zero-order valence-corrected chi connectivity index (χ0v) is 14.4. The molecular formula is C18H24N2O5. The molecule has 1 heterocycles. The van der Waals surface area contributed by atoms with E-state index in [0.717, 1.165) is 12.8 Å². The normalized spacial score (nSPS) is 14.4. The molecule has 25 heavy (non-hydrogen) atoms. The number of aromatic nitrogens is 1. The summed E-state index contributed by atoms with van der Waals surface area (Å²) in [6, 6.07) is 3.47. The second kappa shape index (κ2) is 9.76. The van der Waals surface area contributed by atoms with Gasteiger partial charge in [0.1, 0.15) is 6.10 Å². The van der Waals surface area contributed by atoms with Crippen molar-refractivity contribution in [3.63, 3.8) is 0 Å². The summed E-state index contributed by atoms with van der Waals surface area (Å²) in [5, 5.41) is 2.80. The molecule has 1 aliphatic carbocycles. The molecule has 0 radical (unpaired) electrons. The molecule has 1 N–H and O–H groups in total. The predicted molar refractivity (Wildman–Crippen MR) is 89.3 cm³/mol. The van der Waals surface area contributed by atoms with Gasteiger partial charge >= 0.3 is 11.9 Å². The van der Waals surface area contributed by atoms with Gasteiger partial charge in [0.2, 0.25) is 5.91 Å². The van der Waals surface area contributed by atoms with Crippen LogP contribution in [0.2, 0.25) is 0 Å². The van der Waals surface area contributed by atoms with E-state index in [2.05, 4.69) is 10.3 Å². The first kappa shape index (κ1) is 18.9. The van der Waals surface area contributed by atoms with Gasteiger partial charge in [-0.05, 0) is 32.3 Å². The molecule has 2 rings (SSSR count). The number of amides is 1. The topological polar surface area (TPSA) is 94.6 Å². The van der Waals surface area contributed by atoms with Crippen LogP contribution in [0.1, 0.15) is 50.7 Å². The van der Waals surface area contributed by atoms with Gasteiger partial charge in [0.15, 0.2) is 0 Å². The third-order valence-corrected chi connectivity index (χ3v) is 3.79. The molecule has 1 fully saturated rings. The summed E-state index contributed by atoms with van der Waals surface area (Å²) in [5.41, 5.74) is 0.644. The largest absolute Gasteiger partial charge is 0.466 e. The zero-order valence-electron chi connectivity index (χ0n) is 14.4. The molecular weight excluding hydrogens is 324 g/mol. The summed E-state index contributed by atoms with van der Waals surface area (Å²) in [6.45, 7) is 2.44. The number of carbonyl (C=O) groups is 3. The molecule has 7 nitrogen and oxygen atoms in total. The fourth-order valence-corrected chi connectivity index (χ4v) is 2.32. The van der Waals surface area contributed by atoms with E-state index in [4.69, 9.17) is 9.47 Å². The van der Waals surface area contributed by atoms with Gasteiger partial charge in [-0.25, -0.2) is 0 Å². The van der Waals surface area contributed by atoms with Crippen molar-refractivity contribution in [2.75, 3.05) is 13.2 Å². The number of ether oxygens (including phenoxy) is 2. The van der Waals surface area contributed by atoms with Crippen LogP contribution < -0.4 is 5.32 Å². The molecule has 0 spiro atoms. The monoisotopic (exact) mass is 348 g/mol. The summed E-state index contributed by atoms with van der Waals surface area (Å²) in [4.78, 5) is 39.3. The first-order valence-electron chi connectivity index (χ1n) is 8.63. The maximum absolute atomic E-state index is 12.0. The Hall–Kier alpha value is -2.44. The van der Waals surface area contributed by atoms with E-state index in [9.17, 15) is 14.4 Å². The first-order valence-corrected chi connectivity index (χ1v) is 8.63. The van der Waals surface area contributed by atoms with Crippen molar-refractivity contribution in [1.82, 2.24) is 10.3 Å². The van der Waals surface area contributed by atoms with Crippen LogP contribution in [0.4, 0.5) is 0 Å². The Morgan fingerprint density at radius 2 is 2.12 bits per heavy atom. The number of rotatable bonds is 10. The number of esters is 2. The van der Waals surface area contributed by atoms with Crippen LogP contribution in [-0.2, 0) is 23.9 Å². The van der Waals surface area contributed by atoms with Crippen LogP contribution in [0, 0.1) is 5.92 Å². The van der Waals surface area contributed by atoms with Crippen LogP contribution in [0.15, 0.2) is 24.5 Å². The smallest absolute Gasteiger partial charge is 0.309 e. The van der Waals surface area contributed by atoms with Gasteiger partial charge in [-0.3, -0.25) is 19.4 Å². The standard InChI is InChI=1S/C18H24N2O5/c1-2-24-17(22)11-15(14-5-3-9-19-12-14)25-16(21)6-4-10-20-18(23)13-7-8-13/h3,5,9,12-13,15H,2,4,6-8,10-11H2,1H3,(H,20,23)/t15-/m1/s1. The fourth-order valence-electron chi connectivity index (χ4n) is 2.32. The number of nitrogens with zero attached hydrogens (tertiary/aromatic N) is 1. The number of hydrogen-bond acceptors (Lipinski definition) is 6. The average molecular weight is 348 g/mol. The van der Waals surface area contributed by atoms with Gasteiger partial charge in [-0.2, -0.15) is 0 Å². The second-order valence-electron chi connectivity index (χ2n) is 5.94. The molecule has 1 aromatic heterocycles. The Labute approximate surface area is 147 Å². The Kier molecular flexibility index (Phi) is 7.37. The van der Waals surface area contributed by atoms with Crippen LogP contribution in [-0.4, -0.2) is 36.0 Å². The maximum Gasteiger partial charge on any atom is 0.309 e. The maximum atomic E-state index is 12.0. The third kappa shape index (κ3) is 6.91. The Balaban J connectivity index is 1.79. The SMILES string of the molecule is CCOC(=O)C[C@@H](OC(=O)CCCNC(=O)C1CC1)c1cccnc1. The summed E-state index contributed by atoms with van der Waals surface area (Å²) < 4.78 is 10.4. The van der Waals surface area contributed by atoms with E-state index in [1.165, 1.54) is 0 Å². The van der Waals surface area contributed by atoms with Crippen molar-refractivity contribution in [3.8, 4) is 0 Å². The lowest BCUT2D eigenvalue weighted by Gasteiger charge is -2.17. The highest BCUT2D eigenvalue weighted by molar-refractivity contribution is 5.80. The molecule has 136 valence electrons.